The minimum Gasteiger partial charge on any atom is -0.368 e. The predicted molar refractivity (Wildman–Crippen MR) is 124 cm³/mol. The zero-order valence-corrected chi connectivity index (χ0v) is 19.1. The Morgan fingerprint density at radius 2 is 1.57 bits per heavy atom. The molecule has 2 aliphatic rings. The van der Waals surface area contributed by atoms with Crippen molar-refractivity contribution in [2.75, 3.05) is 49.1 Å². The Bertz CT molecular complexity index is 1130. The fourth-order valence-corrected chi connectivity index (χ4v) is 4.69. The minimum absolute atomic E-state index is 0.0531. The Morgan fingerprint density at radius 1 is 0.857 bits per heavy atom. The van der Waals surface area contributed by atoms with Crippen LogP contribution in [-0.4, -0.2) is 70.1 Å². The Hall–Kier alpha value is -3.63. The molecule has 35 heavy (non-hydrogen) atoms. The number of benzene rings is 1. The van der Waals surface area contributed by atoms with Crippen LogP contribution in [0, 0.1) is 5.92 Å². The van der Waals surface area contributed by atoms with E-state index in [1.165, 1.54) is 12.1 Å². The number of carbonyl (C=O) groups excluding carboxylic acids is 1. The van der Waals surface area contributed by atoms with E-state index >= 15 is 0 Å². The lowest BCUT2D eigenvalue weighted by atomic mass is 9.95. The second-order valence-corrected chi connectivity index (χ2v) is 8.82. The quantitative estimate of drug-likeness (QED) is 0.565. The number of aromatic nitrogens is 4. The van der Waals surface area contributed by atoms with Crippen molar-refractivity contribution in [1.82, 2.24) is 24.9 Å². The number of amides is 1. The number of anilines is 2. The first kappa shape index (κ1) is 23.1. The number of rotatable bonds is 4. The van der Waals surface area contributed by atoms with Crippen LogP contribution in [0.4, 0.5) is 24.7 Å². The van der Waals surface area contributed by atoms with Crippen LogP contribution in [0.3, 0.4) is 0 Å². The van der Waals surface area contributed by atoms with Crippen molar-refractivity contribution in [1.29, 1.82) is 0 Å². The van der Waals surface area contributed by atoms with Crippen molar-refractivity contribution in [3.8, 4) is 5.82 Å². The molecule has 0 radical (unpaired) electrons. The zero-order valence-electron chi connectivity index (χ0n) is 19.1. The van der Waals surface area contributed by atoms with Crippen LogP contribution in [0.5, 0.6) is 0 Å². The summed E-state index contributed by atoms with van der Waals surface area (Å²) in [5.41, 5.74) is -0.110. The van der Waals surface area contributed by atoms with Gasteiger partial charge in [0.2, 0.25) is 5.91 Å². The van der Waals surface area contributed by atoms with E-state index in [-0.39, 0.29) is 11.8 Å². The highest BCUT2D eigenvalue weighted by Crippen LogP contribution is 2.32. The summed E-state index contributed by atoms with van der Waals surface area (Å²) in [6, 6.07) is 11.0. The molecule has 0 unspecified atom stereocenters. The van der Waals surface area contributed by atoms with E-state index in [2.05, 4.69) is 20.2 Å². The maximum absolute atomic E-state index is 13.1. The normalized spacial score (nSPS) is 17.6. The van der Waals surface area contributed by atoms with Gasteiger partial charge in [0, 0.05) is 63.3 Å². The van der Waals surface area contributed by atoms with Gasteiger partial charge >= 0.3 is 6.18 Å². The maximum Gasteiger partial charge on any atom is 0.416 e. The van der Waals surface area contributed by atoms with E-state index in [0.29, 0.717) is 37.7 Å². The van der Waals surface area contributed by atoms with E-state index in [1.54, 1.807) is 23.1 Å². The predicted octanol–water partition coefficient (Wildman–Crippen LogP) is 3.25. The topological polar surface area (TPSA) is 70.4 Å². The molecule has 0 bridgehead atoms. The summed E-state index contributed by atoms with van der Waals surface area (Å²) in [4.78, 5) is 19.0. The lowest BCUT2D eigenvalue weighted by Crippen LogP contribution is -2.51. The van der Waals surface area contributed by atoms with Crippen molar-refractivity contribution in [3.05, 3.63) is 60.4 Å². The zero-order chi connectivity index (χ0) is 24.4. The Kier molecular flexibility index (Phi) is 6.31. The highest BCUT2D eigenvalue weighted by molar-refractivity contribution is 5.79. The highest BCUT2D eigenvalue weighted by atomic mass is 19.4. The molecule has 0 N–H and O–H groups in total. The van der Waals surface area contributed by atoms with Gasteiger partial charge in [0.25, 0.3) is 0 Å². The Labute approximate surface area is 201 Å². The third-order valence-electron chi connectivity index (χ3n) is 6.67. The van der Waals surface area contributed by atoms with Gasteiger partial charge in [0.1, 0.15) is 0 Å². The average Bonchev–Trinajstić information content (AvgIpc) is 3.43. The van der Waals surface area contributed by atoms with Crippen molar-refractivity contribution >= 4 is 17.4 Å². The molecule has 0 saturated carbocycles. The fraction of sp³-hybridized carbons (Fsp3) is 0.417. The molecule has 2 saturated heterocycles. The van der Waals surface area contributed by atoms with Gasteiger partial charge in [-0.05, 0) is 49.2 Å². The largest absolute Gasteiger partial charge is 0.416 e. The van der Waals surface area contributed by atoms with E-state index in [9.17, 15) is 18.0 Å². The molecule has 0 aliphatic carbocycles. The summed E-state index contributed by atoms with van der Waals surface area (Å²) in [6.45, 7) is 3.49. The van der Waals surface area contributed by atoms with E-state index in [4.69, 9.17) is 0 Å². The van der Waals surface area contributed by atoms with Crippen LogP contribution in [-0.2, 0) is 11.0 Å². The number of nitrogens with zero attached hydrogens (tertiary/aromatic N) is 7. The average molecular weight is 486 g/mol. The molecule has 4 heterocycles. The number of halogens is 3. The first-order valence-electron chi connectivity index (χ1n) is 11.7. The van der Waals surface area contributed by atoms with Crippen LogP contribution < -0.4 is 9.80 Å². The number of hydrogen-bond acceptors (Lipinski definition) is 6. The van der Waals surface area contributed by atoms with Crippen LogP contribution in [0.2, 0.25) is 0 Å². The van der Waals surface area contributed by atoms with Gasteiger partial charge in [-0.3, -0.25) is 4.79 Å². The second kappa shape index (κ2) is 9.55. The molecule has 11 heteroatoms. The van der Waals surface area contributed by atoms with Gasteiger partial charge < -0.3 is 14.7 Å². The standard InChI is InChI=1S/C24H26F3N7O/c25-24(26,27)19-3-1-4-20(17-19)31-13-15-33(16-14-31)23(35)18-7-11-32(12-8-18)21-5-6-22(30-29-21)34-10-2-9-28-34/h1-6,9-10,17-18H,7-8,11-16H2. The number of alkyl halides is 3. The van der Waals surface area contributed by atoms with Crippen LogP contribution in [0.15, 0.2) is 54.9 Å². The van der Waals surface area contributed by atoms with Gasteiger partial charge in [-0.15, -0.1) is 10.2 Å². The molecule has 184 valence electrons. The molecule has 0 spiro atoms. The summed E-state index contributed by atoms with van der Waals surface area (Å²) in [7, 11) is 0. The molecule has 3 aromatic rings. The first-order valence-corrected chi connectivity index (χ1v) is 11.7. The lowest BCUT2D eigenvalue weighted by Gasteiger charge is -2.39. The molecule has 2 fully saturated rings. The number of piperazine rings is 1. The first-order chi connectivity index (χ1) is 16.9. The smallest absolute Gasteiger partial charge is 0.368 e. The van der Waals surface area contributed by atoms with Gasteiger partial charge in [-0.2, -0.15) is 18.3 Å². The maximum atomic E-state index is 13.1. The van der Waals surface area contributed by atoms with Gasteiger partial charge in [-0.1, -0.05) is 6.07 Å². The summed E-state index contributed by atoms with van der Waals surface area (Å²) in [5, 5.41) is 12.7. The van der Waals surface area contributed by atoms with E-state index in [1.807, 2.05) is 28.0 Å². The molecule has 8 nitrogen and oxygen atoms in total. The lowest BCUT2D eigenvalue weighted by molar-refractivity contribution is -0.137. The molecule has 2 aliphatic heterocycles. The summed E-state index contributed by atoms with van der Waals surface area (Å²) < 4.78 is 40.8. The van der Waals surface area contributed by atoms with Crippen molar-refractivity contribution in [3.63, 3.8) is 0 Å². The summed E-state index contributed by atoms with van der Waals surface area (Å²) in [5.74, 6) is 1.51. The fourth-order valence-electron chi connectivity index (χ4n) is 4.69. The summed E-state index contributed by atoms with van der Waals surface area (Å²) >= 11 is 0. The van der Waals surface area contributed by atoms with Gasteiger partial charge in [0.15, 0.2) is 11.6 Å². The van der Waals surface area contributed by atoms with E-state index < -0.39 is 11.7 Å². The number of carbonyl (C=O) groups is 1. The van der Waals surface area contributed by atoms with Crippen LogP contribution >= 0.6 is 0 Å². The van der Waals surface area contributed by atoms with Crippen LogP contribution in [0.25, 0.3) is 5.82 Å². The van der Waals surface area contributed by atoms with Crippen molar-refractivity contribution in [2.45, 2.75) is 19.0 Å². The molecular formula is C24H26F3N7O. The SMILES string of the molecule is O=C(C1CCN(c2ccc(-n3cccn3)nn2)CC1)N1CCN(c2cccc(C(F)(F)F)c2)CC1. The van der Waals surface area contributed by atoms with Gasteiger partial charge in [-0.25, -0.2) is 4.68 Å². The Morgan fingerprint density at radius 3 is 2.20 bits per heavy atom. The Balaban J connectivity index is 1.12. The molecule has 1 aromatic carbocycles. The molecule has 1 amide bonds. The van der Waals surface area contributed by atoms with Crippen molar-refractivity contribution < 1.29 is 18.0 Å². The second-order valence-electron chi connectivity index (χ2n) is 8.82. The molecule has 0 atom stereocenters. The summed E-state index contributed by atoms with van der Waals surface area (Å²) in [6.07, 6.45) is 0.587. The molecule has 5 rings (SSSR count). The number of hydrogen-bond donors (Lipinski definition) is 0. The van der Waals surface area contributed by atoms with Gasteiger partial charge in [0.05, 0.1) is 5.56 Å². The number of piperidine rings is 1. The van der Waals surface area contributed by atoms with E-state index in [0.717, 1.165) is 37.8 Å². The van der Waals surface area contributed by atoms with Crippen LogP contribution in [0.1, 0.15) is 18.4 Å². The van der Waals surface area contributed by atoms with Crippen molar-refractivity contribution in [2.24, 2.45) is 5.92 Å². The highest BCUT2D eigenvalue weighted by Gasteiger charge is 2.33. The molecule has 2 aromatic heterocycles. The minimum atomic E-state index is -4.37. The molecular weight excluding hydrogens is 459 g/mol. The third kappa shape index (κ3) is 5.08. The monoisotopic (exact) mass is 485 g/mol. The third-order valence-corrected chi connectivity index (χ3v) is 6.67.